The number of hydrogen-bond acceptors (Lipinski definition) is 3. The zero-order chi connectivity index (χ0) is 24.0. The van der Waals surface area contributed by atoms with Crippen LogP contribution in [0.25, 0.3) is 10.9 Å². The molecular weight excluding hydrogens is 448 g/mol. The van der Waals surface area contributed by atoms with Crippen LogP contribution >= 0.6 is 0 Å². The Balaban J connectivity index is 1.54. The maximum absolute atomic E-state index is 13.1. The van der Waals surface area contributed by atoms with Gasteiger partial charge in [-0.2, -0.15) is 26.3 Å². The van der Waals surface area contributed by atoms with E-state index in [1.807, 2.05) is 42.2 Å². The summed E-state index contributed by atoms with van der Waals surface area (Å²) in [6.45, 7) is 2.94. The molecule has 4 nitrogen and oxygen atoms in total. The van der Waals surface area contributed by atoms with Gasteiger partial charge in [0.1, 0.15) is 5.82 Å². The summed E-state index contributed by atoms with van der Waals surface area (Å²) < 4.78 is 78.7. The van der Waals surface area contributed by atoms with Crippen LogP contribution in [0.1, 0.15) is 27.0 Å². The molecule has 10 heteroatoms. The Morgan fingerprint density at radius 2 is 1.42 bits per heavy atom. The first-order chi connectivity index (χ1) is 15.4. The number of carbonyl (C=O) groups is 1. The Bertz CT molecular complexity index is 1160. The lowest BCUT2D eigenvalue weighted by molar-refractivity contribution is -0.143. The van der Waals surface area contributed by atoms with Crippen LogP contribution in [0.4, 0.5) is 32.2 Å². The van der Waals surface area contributed by atoms with E-state index in [0.717, 1.165) is 16.5 Å². The molecule has 1 aliphatic rings. The van der Waals surface area contributed by atoms with Crippen molar-refractivity contribution in [2.24, 2.45) is 0 Å². The fraction of sp³-hybridized carbons (Fsp3) is 0.304. The molecule has 2 aromatic carbocycles. The number of rotatable bonds is 2. The van der Waals surface area contributed by atoms with Crippen molar-refractivity contribution in [2.45, 2.75) is 19.3 Å². The summed E-state index contributed by atoms with van der Waals surface area (Å²) in [7, 11) is 0. The van der Waals surface area contributed by atoms with Gasteiger partial charge in [0.25, 0.3) is 5.91 Å². The van der Waals surface area contributed by atoms with E-state index in [0.29, 0.717) is 31.0 Å². The maximum atomic E-state index is 13.1. The Labute approximate surface area is 185 Å². The predicted molar refractivity (Wildman–Crippen MR) is 111 cm³/mol. The lowest BCUT2D eigenvalue weighted by Gasteiger charge is -2.36. The van der Waals surface area contributed by atoms with E-state index in [9.17, 15) is 31.1 Å². The fourth-order valence-corrected chi connectivity index (χ4v) is 3.89. The molecule has 3 aromatic rings. The van der Waals surface area contributed by atoms with E-state index >= 15 is 0 Å². The van der Waals surface area contributed by atoms with E-state index in [4.69, 9.17) is 0 Å². The third-order valence-corrected chi connectivity index (χ3v) is 5.63. The minimum atomic E-state index is -5.01. The molecule has 174 valence electrons. The summed E-state index contributed by atoms with van der Waals surface area (Å²) in [5.74, 6) is -0.161. The van der Waals surface area contributed by atoms with E-state index in [-0.39, 0.29) is 19.2 Å². The topological polar surface area (TPSA) is 36.4 Å². The summed E-state index contributed by atoms with van der Waals surface area (Å²) in [6.07, 6.45) is -10.0. The smallest absolute Gasteiger partial charge is 0.353 e. The van der Waals surface area contributed by atoms with Gasteiger partial charge < -0.3 is 9.80 Å². The lowest BCUT2D eigenvalue weighted by Crippen LogP contribution is -2.49. The van der Waals surface area contributed by atoms with Crippen molar-refractivity contribution in [3.05, 3.63) is 70.8 Å². The van der Waals surface area contributed by atoms with E-state index in [1.54, 1.807) is 0 Å². The molecule has 0 N–H and O–H groups in total. The van der Waals surface area contributed by atoms with Crippen LogP contribution in [0.15, 0.2) is 48.5 Å². The van der Waals surface area contributed by atoms with Gasteiger partial charge in [-0.1, -0.05) is 18.2 Å². The standard InChI is InChI=1S/C23H19F6N3O/c1-14-10-20(30-19-5-3-2-4-18(14)19)31-6-8-32(9-7-31)21(33)15-11-16(22(24,25)26)13-17(12-15)23(27,28)29/h2-5,10-13H,6-9H2,1H3. The number of piperazine rings is 1. The van der Waals surface area contributed by atoms with Crippen molar-refractivity contribution >= 4 is 22.6 Å². The van der Waals surface area contributed by atoms with Gasteiger partial charge >= 0.3 is 12.4 Å². The van der Waals surface area contributed by atoms with Gasteiger partial charge in [-0.3, -0.25) is 4.79 Å². The average Bonchev–Trinajstić information content (AvgIpc) is 2.77. The van der Waals surface area contributed by atoms with Crippen LogP contribution < -0.4 is 4.90 Å². The zero-order valence-electron chi connectivity index (χ0n) is 17.5. The third-order valence-electron chi connectivity index (χ3n) is 5.63. The Morgan fingerprint density at radius 3 is 2.00 bits per heavy atom. The number of hydrogen-bond donors (Lipinski definition) is 0. The molecule has 0 spiro atoms. The highest BCUT2D eigenvalue weighted by molar-refractivity contribution is 5.95. The van der Waals surface area contributed by atoms with E-state index < -0.39 is 35.0 Å². The van der Waals surface area contributed by atoms with Crippen LogP contribution in [-0.4, -0.2) is 42.0 Å². The molecule has 1 amide bonds. The monoisotopic (exact) mass is 467 g/mol. The second-order valence-electron chi connectivity index (χ2n) is 7.89. The second kappa shape index (κ2) is 8.24. The van der Waals surface area contributed by atoms with Gasteiger partial charge in [-0.05, 0) is 42.8 Å². The molecule has 0 saturated carbocycles. The molecule has 2 heterocycles. The number of alkyl halides is 6. The van der Waals surface area contributed by atoms with Crippen molar-refractivity contribution in [2.75, 3.05) is 31.1 Å². The number of para-hydroxylation sites is 1. The van der Waals surface area contributed by atoms with E-state index in [2.05, 4.69) is 4.98 Å². The SMILES string of the molecule is Cc1cc(N2CCN(C(=O)c3cc(C(F)(F)F)cc(C(F)(F)F)c3)CC2)nc2ccccc12. The number of aryl methyl sites for hydroxylation is 1. The summed E-state index contributed by atoms with van der Waals surface area (Å²) in [4.78, 5) is 20.6. The Kier molecular flexibility index (Phi) is 5.71. The van der Waals surface area contributed by atoms with Crippen molar-refractivity contribution in [1.82, 2.24) is 9.88 Å². The van der Waals surface area contributed by atoms with Gasteiger partial charge in [0.15, 0.2) is 0 Å². The molecule has 0 aliphatic carbocycles. The first kappa shape index (κ1) is 22.9. The second-order valence-corrected chi connectivity index (χ2v) is 7.89. The molecule has 0 bridgehead atoms. The molecule has 1 fully saturated rings. The van der Waals surface area contributed by atoms with Crippen LogP contribution in [0, 0.1) is 6.92 Å². The van der Waals surface area contributed by atoms with Gasteiger partial charge in [-0.25, -0.2) is 4.98 Å². The number of anilines is 1. The summed E-state index contributed by atoms with van der Waals surface area (Å²) in [6, 6.07) is 10.5. The number of halogens is 6. The van der Waals surface area contributed by atoms with Crippen molar-refractivity contribution in [3.8, 4) is 0 Å². The van der Waals surface area contributed by atoms with Crippen LogP contribution in [0.3, 0.4) is 0 Å². The average molecular weight is 467 g/mol. The predicted octanol–water partition coefficient (Wildman–Crippen LogP) is 5.54. The first-order valence-corrected chi connectivity index (χ1v) is 10.1. The summed E-state index contributed by atoms with van der Waals surface area (Å²) in [5, 5.41) is 1.01. The number of carbonyl (C=O) groups excluding carboxylic acids is 1. The fourth-order valence-electron chi connectivity index (χ4n) is 3.89. The summed E-state index contributed by atoms with van der Waals surface area (Å²) >= 11 is 0. The molecule has 1 saturated heterocycles. The quantitative estimate of drug-likeness (QED) is 0.464. The first-order valence-electron chi connectivity index (χ1n) is 10.1. The van der Waals surface area contributed by atoms with Crippen molar-refractivity contribution < 1.29 is 31.1 Å². The minimum Gasteiger partial charge on any atom is -0.353 e. The van der Waals surface area contributed by atoms with Crippen LogP contribution in [-0.2, 0) is 12.4 Å². The highest BCUT2D eigenvalue weighted by Crippen LogP contribution is 2.36. The van der Waals surface area contributed by atoms with Gasteiger partial charge in [-0.15, -0.1) is 0 Å². The van der Waals surface area contributed by atoms with Crippen molar-refractivity contribution in [3.63, 3.8) is 0 Å². The molecular formula is C23H19F6N3O. The normalized spacial score (nSPS) is 15.2. The Hall–Kier alpha value is -3.30. The van der Waals surface area contributed by atoms with Crippen LogP contribution in [0.2, 0.25) is 0 Å². The molecule has 0 atom stereocenters. The van der Waals surface area contributed by atoms with Crippen molar-refractivity contribution in [1.29, 1.82) is 0 Å². The molecule has 1 aliphatic heterocycles. The molecule has 1 aromatic heterocycles. The van der Waals surface area contributed by atoms with Gasteiger partial charge in [0.05, 0.1) is 16.6 Å². The molecule has 0 radical (unpaired) electrons. The highest BCUT2D eigenvalue weighted by Gasteiger charge is 2.38. The van der Waals surface area contributed by atoms with Gasteiger partial charge in [0.2, 0.25) is 0 Å². The molecule has 33 heavy (non-hydrogen) atoms. The summed E-state index contributed by atoms with van der Waals surface area (Å²) in [5.41, 5.74) is -1.80. The number of pyridine rings is 1. The largest absolute Gasteiger partial charge is 0.416 e. The highest BCUT2D eigenvalue weighted by atomic mass is 19.4. The molecule has 4 rings (SSSR count). The third kappa shape index (κ3) is 4.74. The number of amides is 1. The maximum Gasteiger partial charge on any atom is 0.416 e. The molecule has 0 unspecified atom stereocenters. The minimum absolute atomic E-state index is 0.0163. The number of fused-ring (bicyclic) bond motifs is 1. The van der Waals surface area contributed by atoms with Gasteiger partial charge in [0, 0.05) is 37.1 Å². The zero-order valence-corrected chi connectivity index (χ0v) is 17.5. The Morgan fingerprint density at radius 1 is 0.848 bits per heavy atom. The van der Waals surface area contributed by atoms with Crippen LogP contribution in [0.5, 0.6) is 0 Å². The number of benzene rings is 2. The number of aromatic nitrogens is 1. The lowest BCUT2D eigenvalue weighted by atomic mass is 10.0. The number of nitrogens with zero attached hydrogens (tertiary/aromatic N) is 3. The van der Waals surface area contributed by atoms with E-state index in [1.165, 1.54) is 4.90 Å².